The molecule has 3 amide bonds. The predicted molar refractivity (Wildman–Crippen MR) is 97.9 cm³/mol. The summed E-state index contributed by atoms with van der Waals surface area (Å²) in [5.41, 5.74) is 0.786. The van der Waals surface area contributed by atoms with Crippen molar-refractivity contribution in [3.8, 4) is 0 Å². The molecule has 0 bridgehead atoms. The van der Waals surface area contributed by atoms with E-state index in [1.807, 2.05) is 24.3 Å². The van der Waals surface area contributed by atoms with Crippen LogP contribution in [-0.4, -0.2) is 38.5 Å². The zero-order valence-corrected chi connectivity index (χ0v) is 14.8. The van der Waals surface area contributed by atoms with Gasteiger partial charge in [0.15, 0.2) is 0 Å². The van der Waals surface area contributed by atoms with Crippen LogP contribution in [0.4, 0.5) is 4.79 Å². The van der Waals surface area contributed by atoms with Gasteiger partial charge >= 0.3 is 11.7 Å². The van der Waals surface area contributed by atoms with Gasteiger partial charge in [0.2, 0.25) is 0 Å². The Morgan fingerprint density at radius 2 is 1.69 bits per heavy atom. The van der Waals surface area contributed by atoms with Crippen molar-refractivity contribution < 1.29 is 9.59 Å². The number of urea groups is 1. The Kier molecular flexibility index (Phi) is 4.30. The molecular formula is C19H24N4O3. The van der Waals surface area contributed by atoms with Crippen LogP contribution in [0.2, 0.25) is 0 Å². The Labute approximate surface area is 151 Å². The highest BCUT2D eigenvalue weighted by Crippen LogP contribution is 2.32. The van der Waals surface area contributed by atoms with Crippen molar-refractivity contribution >= 4 is 23.0 Å². The Morgan fingerprint density at radius 3 is 2.46 bits per heavy atom. The molecule has 0 unspecified atom stereocenters. The van der Waals surface area contributed by atoms with Gasteiger partial charge in [-0.2, -0.15) is 0 Å². The van der Waals surface area contributed by atoms with Gasteiger partial charge in [0.25, 0.3) is 5.91 Å². The summed E-state index contributed by atoms with van der Waals surface area (Å²) < 4.78 is 1.66. The minimum atomic E-state index is -0.689. The molecule has 4 rings (SSSR count). The quantitative estimate of drug-likeness (QED) is 0.825. The lowest BCUT2D eigenvalue weighted by molar-refractivity contribution is -0.131. The van der Waals surface area contributed by atoms with Gasteiger partial charge < -0.3 is 10.3 Å². The van der Waals surface area contributed by atoms with E-state index in [-0.39, 0.29) is 17.6 Å². The van der Waals surface area contributed by atoms with Crippen LogP contribution in [0.5, 0.6) is 0 Å². The number of aromatic nitrogens is 2. The van der Waals surface area contributed by atoms with Crippen LogP contribution in [0.3, 0.4) is 0 Å². The average Bonchev–Trinajstić information content (AvgIpc) is 2.93. The summed E-state index contributed by atoms with van der Waals surface area (Å²) in [6.45, 7) is 0.797. The second kappa shape index (κ2) is 6.63. The van der Waals surface area contributed by atoms with Crippen molar-refractivity contribution in [2.75, 3.05) is 6.54 Å². The highest BCUT2D eigenvalue weighted by molar-refractivity contribution is 6.07. The van der Waals surface area contributed by atoms with Gasteiger partial charge in [-0.05, 0) is 31.4 Å². The van der Waals surface area contributed by atoms with Crippen molar-refractivity contribution in [2.45, 2.75) is 57.0 Å². The van der Waals surface area contributed by atoms with Gasteiger partial charge in [0.05, 0.1) is 11.0 Å². The third-order valence-electron chi connectivity index (χ3n) is 5.65. The zero-order valence-electron chi connectivity index (χ0n) is 14.8. The summed E-state index contributed by atoms with van der Waals surface area (Å²) in [5.74, 6) is -0.0873. The summed E-state index contributed by atoms with van der Waals surface area (Å²) in [7, 11) is 0. The number of H-pyrrole nitrogens is 1. The highest BCUT2D eigenvalue weighted by atomic mass is 16.2. The number of carbonyl (C=O) groups excluding carboxylic acids is 2. The standard InChI is InChI=1S/C19H24N4O3/c24-16-19(10-5-1-2-6-11-19)21-18(26)23(16)13-7-12-22-15-9-4-3-8-14(15)20-17(22)25/h3-4,8-9H,1-2,5-7,10-13H2,(H,20,25)(H,21,26). The molecule has 2 N–H and O–H groups in total. The number of rotatable bonds is 4. The number of carbonyl (C=O) groups is 2. The predicted octanol–water partition coefficient (Wildman–Crippen LogP) is 2.36. The number of para-hydroxylation sites is 2. The van der Waals surface area contributed by atoms with E-state index in [1.54, 1.807) is 4.57 Å². The molecule has 1 aromatic carbocycles. The first-order valence-corrected chi connectivity index (χ1v) is 9.42. The summed E-state index contributed by atoms with van der Waals surface area (Å²) in [4.78, 5) is 41.5. The Hall–Kier alpha value is -2.57. The fourth-order valence-electron chi connectivity index (χ4n) is 4.27. The van der Waals surface area contributed by atoms with E-state index in [0.29, 0.717) is 19.5 Å². The molecule has 2 aromatic rings. The van der Waals surface area contributed by atoms with Crippen LogP contribution >= 0.6 is 0 Å². The molecule has 0 atom stereocenters. The largest absolute Gasteiger partial charge is 0.326 e. The maximum absolute atomic E-state index is 12.9. The van der Waals surface area contributed by atoms with E-state index in [9.17, 15) is 14.4 Å². The molecule has 1 saturated carbocycles. The Morgan fingerprint density at radius 1 is 0.962 bits per heavy atom. The van der Waals surface area contributed by atoms with Gasteiger partial charge in [-0.3, -0.25) is 14.3 Å². The molecule has 26 heavy (non-hydrogen) atoms. The summed E-state index contributed by atoms with van der Waals surface area (Å²) in [5, 5.41) is 2.96. The van der Waals surface area contributed by atoms with Crippen LogP contribution in [0.15, 0.2) is 29.1 Å². The van der Waals surface area contributed by atoms with Gasteiger partial charge in [-0.1, -0.05) is 37.8 Å². The highest BCUT2D eigenvalue weighted by Gasteiger charge is 2.50. The van der Waals surface area contributed by atoms with Crippen molar-refractivity contribution in [3.05, 3.63) is 34.7 Å². The molecule has 138 valence electrons. The molecule has 7 heteroatoms. The second-order valence-corrected chi connectivity index (χ2v) is 7.34. The van der Waals surface area contributed by atoms with Crippen molar-refractivity contribution in [1.82, 2.24) is 19.8 Å². The SMILES string of the molecule is O=C1NC2(CCCCCC2)C(=O)N1CCCn1c(=O)[nH]c2ccccc21. The van der Waals surface area contributed by atoms with E-state index < -0.39 is 5.54 Å². The minimum Gasteiger partial charge on any atom is -0.323 e. The smallest absolute Gasteiger partial charge is 0.323 e. The van der Waals surface area contributed by atoms with Gasteiger partial charge in [-0.25, -0.2) is 9.59 Å². The molecule has 2 heterocycles. The van der Waals surface area contributed by atoms with E-state index >= 15 is 0 Å². The Balaban J connectivity index is 1.44. The zero-order chi connectivity index (χ0) is 18.1. The number of aromatic amines is 1. The summed E-state index contributed by atoms with van der Waals surface area (Å²) in [6.07, 6.45) is 6.21. The third-order valence-corrected chi connectivity index (χ3v) is 5.65. The molecule has 7 nitrogen and oxygen atoms in total. The number of amides is 3. The number of fused-ring (bicyclic) bond motifs is 1. The summed E-state index contributed by atoms with van der Waals surface area (Å²) >= 11 is 0. The van der Waals surface area contributed by atoms with Crippen LogP contribution in [-0.2, 0) is 11.3 Å². The number of imide groups is 1. The second-order valence-electron chi connectivity index (χ2n) is 7.34. The lowest BCUT2D eigenvalue weighted by Gasteiger charge is -2.24. The van der Waals surface area contributed by atoms with Crippen LogP contribution in [0, 0.1) is 0 Å². The van der Waals surface area contributed by atoms with Gasteiger partial charge in [0, 0.05) is 13.1 Å². The van der Waals surface area contributed by atoms with Crippen LogP contribution in [0.25, 0.3) is 11.0 Å². The van der Waals surface area contributed by atoms with Crippen LogP contribution in [0.1, 0.15) is 44.9 Å². The third kappa shape index (κ3) is 2.81. The first-order valence-electron chi connectivity index (χ1n) is 9.42. The monoisotopic (exact) mass is 356 g/mol. The molecule has 1 saturated heterocycles. The maximum Gasteiger partial charge on any atom is 0.326 e. The molecule has 1 spiro atoms. The van der Waals surface area contributed by atoms with E-state index in [1.165, 1.54) is 4.90 Å². The lowest BCUT2D eigenvalue weighted by Crippen LogP contribution is -2.46. The van der Waals surface area contributed by atoms with Gasteiger partial charge in [0.1, 0.15) is 5.54 Å². The topological polar surface area (TPSA) is 87.2 Å². The summed E-state index contributed by atoms with van der Waals surface area (Å²) in [6, 6.07) is 7.23. The minimum absolute atomic E-state index is 0.0873. The molecule has 0 radical (unpaired) electrons. The number of aryl methyl sites for hydroxylation is 1. The maximum atomic E-state index is 12.9. The van der Waals surface area contributed by atoms with Crippen molar-refractivity contribution in [2.24, 2.45) is 0 Å². The average molecular weight is 356 g/mol. The van der Waals surface area contributed by atoms with Gasteiger partial charge in [-0.15, -0.1) is 0 Å². The fraction of sp³-hybridized carbons (Fsp3) is 0.526. The number of hydrogen-bond donors (Lipinski definition) is 2. The number of hydrogen-bond acceptors (Lipinski definition) is 3. The van der Waals surface area contributed by atoms with Crippen molar-refractivity contribution in [1.29, 1.82) is 0 Å². The first-order chi connectivity index (χ1) is 12.6. The number of benzene rings is 1. The number of nitrogens with one attached hydrogen (secondary N) is 2. The van der Waals surface area contributed by atoms with Crippen molar-refractivity contribution in [3.63, 3.8) is 0 Å². The van der Waals surface area contributed by atoms with E-state index in [2.05, 4.69) is 10.3 Å². The number of nitrogens with zero attached hydrogens (tertiary/aromatic N) is 2. The van der Waals surface area contributed by atoms with E-state index in [4.69, 9.17) is 0 Å². The fourth-order valence-corrected chi connectivity index (χ4v) is 4.27. The Bertz CT molecular complexity index is 890. The molecule has 1 aromatic heterocycles. The van der Waals surface area contributed by atoms with Crippen LogP contribution < -0.4 is 11.0 Å². The molecule has 2 aliphatic rings. The first kappa shape index (κ1) is 16.9. The molecular weight excluding hydrogens is 332 g/mol. The molecule has 1 aliphatic heterocycles. The molecule has 2 fully saturated rings. The lowest BCUT2D eigenvalue weighted by atomic mass is 9.90. The molecule has 1 aliphatic carbocycles. The number of imidazole rings is 1. The normalized spacial score (nSPS) is 19.9. The van der Waals surface area contributed by atoms with E-state index in [0.717, 1.165) is 49.6 Å².